The SMILES string of the molecule is Cc1ccc(Cn2cc(C(=O)NC3=CCC(=O)C(c4cc5cc(CN6CCC(CO)CC6)ccc5[nH]4)=C3)cn2)cc1. The monoisotopic (exact) mass is 549 g/mol. The van der Waals surface area contributed by atoms with Crippen LogP contribution in [-0.2, 0) is 17.9 Å². The molecule has 2 aliphatic rings. The van der Waals surface area contributed by atoms with Crippen LogP contribution in [0.15, 0.2) is 78.8 Å². The molecule has 0 radical (unpaired) electrons. The van der Waals surface area contributed by atoms with Gasteiger partial charge < -0.3 is 15.4 Å². The van der Waals surface area contributed by atoms with Crippen LogP contribution in [0.5, 0.6) is 0 Å². The molecule has 3 heterocycles. The number of aromatic amines is 1. The largest absolute Gasteiger partial charge is 0.396 e. The van der Waals surface area contributed by atoms with Crippen LogP contribution in [0.3, 0.4) is 0 Å². The maximum atomic E-state index is 13.0. The number of carbonyl (C=O) groups is 2. The first-order chi connectivity index (χ1) is 19.9. The van der Waals surface area contributed by atoms with Gasteiger partial charge in [-0.1, -0.05) is 42.0 Å². The molecular formula is C33H35N5O3. The van der Waals surface area contributed by atoms with Crippen molar-refractivity contribution in [2.75, 3.05) is 19.7 Å². The highest BCUT2D eigenvalue weighted by Crippen LogP contribution is 2.27. The number of nitrogens with one attached hydrogen (secondary N) is 2. The van der Waals surface area contributed by atoms with Gasteiger partial charge in [0.25, 0.3) is 5.91 Å². The molecule has 1 saturated heterocycles. The Kier molecular flexibility index (Phi) is 7.67. The van der Waals surface area contributed by atoms with Gasteiger partial charge in [-0.2, -0.15) is 5.10 Å². The normalized spacial score (nSPS) is 16.6. The Balaban J connectivity index is 1.13. The number of aliphatic hydroxyl groups excluding tert-OH is 1. The second-order valence-corrected chi connectivity index (χ2v) is 11.2. The van der Waals surface area contributed by atoms with Crippen LogP contribution >= 0.6 is 0 Å². The fraction of sp³-hybridized carbons (Fsp3) is 0.303. The van der Waals surface area contributed by atoms with E-state index in [0.717, 1.165) is 54.6 Å². The predicted molar refractivity (Wildman–Crippen MR) is 159 cm³/mol. The minimum atomic E-state index is -0.263. The van der Waals surface area contributed by atoms with Crippen molar-refractivity contribution >= 4 is 28.2 Å². The minimum absolute atomic E-state index is 0.00690. The number of aliphatic hydroxyl groups is 1. The fourth-order valence-corrected chi connectivity index (χ4v) is 5.58. The van der Waals surface area contributed by atoms with E-state index < -0.39 is 0 Å². The fourth-order valence-electron chi connectivity index (χ4n) is 5.58. The Morgan fingerprint density at radius 2 is 1.85 bits per heavy atom. The number of rotatable bonds is 8. The van der Waals surface area contributed by atoms with Crippen molar-refractivity contribution < 1.29 is 14.7 Å². The first kappa shape index (κ1) is 26.9. The molecule has 41 heavy (non-hydrogen) atoms. The van der Waals surface area contributed by atoms with Gasteiger partial charge >= 0.3 is 0 Å². The molecular weight excluding hydrogens is 514 g/mol. The number of H-pyrrole nitrogens is 1. The number of ketones is 1. The number of carbonyl (C=O) groups excluding carboxylic acids is 2. The summed E-state index contributed by atoms with van der Waals surface area (Å²) in [6.45, 7) is 5.78. The third kappa shape index (κ3) is 6.24. The number of likely N-dealkylation sites (tertiary alicyclic amines) is 1. The number of aryl methyl sites for hydroxylation is 1. The molecule has 2 aromatic carbocycles. The van der Waals surface area contributed by atoms with Gasteiger partial charge in [0.2, 0.25) is 0 Å². The second kappa shape index (κ2) is 11.7. The number of Topliss-reactive ketones (excluding diaryl/α,β-unsaturated/α-hetero) is 1. The Morgan fingerprint density at radius 3 is 2.63 bits per heavy atom. The molecule has 6 rings (SSSR count). The van der Waals surface area contributed by atoms with Gasteiger partial charge in [0.1, 0.15) is 0 Å². The smallest absolute Gasteiger partial charge is 0.258 e. The Labute approximate surface area is 239 Å². The van der Waals surface area contributed by atoms with Gasteiger partial charge in [-0.05, 0) is 74.2 Å². The lowest BCUT2D eigenvalue weighted by Gasteiger charge is -2.31. The summed E-state index contributed by atoms with van der Waals surface area (Å²) in [6.07, 6.45) is 9.08. The number of benzene rings is 2. The van der Waals surface area contributed by atoms with E-state index in [4.69, 9.17) is 0 Å². The lowest BCUT2D eigenvalue weighted by atomic mass is 9.97. The first-order valence-corrected chi connectivity index (χ1v) is 14.2. The second-order valence-electron chi connectivity index (χ2n) is 11.2. The van der Waals surface area contributed by atoms with E-state index >= 15 is 0 Å². The lowest BCUT2D eigenvalue weighted by Crippen LogP contribution is -2.34. The van der Waals surface area contributed by atoms with E-state index in [1.54, 1.807) is 29.2 Å². The van der Waals surface area contributed by atoms with Gasteiger partial charge in [-0.15, -0.1) is 0 Å². The number of hydrogen-bond acceptors (Lipinski definition) is 5. The van der Waals surface area contributed by atoms with E-state index in [-0.39, 0.29) is 24.7 Å². The third-order valence-electron chi connectivity index (χ3n) is 8.07. The van der Waals surface area contributed by atoms with Gasteiger partial charge in [0, 0.05) is 47.9 Å². The average molecular weight is 550 g/mol. The summed E-state index contributed by atoms with van der Waals surface area (Å²) in [4.78, 5) is 31.7. The molecule has 0 atom stereocenters. The Morgan fingerprint density at radius 1 is 1.07 bits per heavy atom. The molecule has 0 unspecified atom stereocenters. The number of fused-ring (bicyclic) bond motifs is 1. The lowest BCUT2D eigenvalue weighted by molar-refractivity contribution is -0.113. The topological polar surface area (TPSA) is 103 Å². The Hall–Kier alpha value is -4.27. The summed E-state index contributed by atoms with van der Waals surface area (Å²) in [5.41, 5.74) is 6.87. The number of aromatic nitrogens is 3. The van der Waals surface area contributed by atoms with Crippen LogP contribution in [-0.4, -0.2) is 56.2 Å². The van der Waals surface area contributed by atoms with E-state index in [0.29, 0.717) is 29.3 Å². The van der Waals surface area contributed by atoms with Gasteiger partial charge in [-0.25, -0.2) is 0 Å². The summed E-state index contributed by atoms with van der Waals surface area (Å²) >= 11 is 0. The number of piperidine rings is 1. The Bertz CT molecular complexity index is 1630. The summed E-state index contributed by atoms with van der Waals surface area (Å²) in [5.74, 6) is 0.167. The van der Waals surface area contributed by atoms with E-state index in [9.17, 15) is 14.7 Å². The first-order valence-electron chi connectivity index (χ1n) is 14.2. The van der Waals surface area contributed by atoms with Crippen molar-refractivity contribution in [3.8, 4) is 0 Å². The van der Waals surface area contributed by atoms with Crippen molar-refractivity contribution in [3.63, 3.8) is 0 Å². The van der Waals surface area contributed by atoms with Gasteiger partial charge in [-0.3, -0.25) is 19.2 Å². The third-order valence-corrected chi connectivity index (χ3v) is 8.07. The van der Waals surface area contributed by atoms with Crippen molar-refractivity contribution in [1.82, 2.24) is 25.0 Å². The zero-order valence-corrected chi connectivity index (χ0v) is 23.3. The van der Waals surface area contributed by atoms with Crippen LogP contribution < -0.4 is 5.32 Å². The molecule has 1 fully saturated rings. The quantitative estimate of drug-likeness (QED) is 0.298. The van der Waals surface area contributed by atoms with Crippen LogP contribution in [0.25, 0.3) is 16.5 Å². The molecule has 8 heteroatoms. The highest BCUT2D eigenvalue weighted by Gasteiger charge is 2.21. The molecule has 2 aromatic heterocycles. The summed E-state index contributed by atoms with van der Waals surface area (Å²) in [7, 11) is 0. The van der Waals surface area contributed by atoms with Crippen molar-refractivity contribution in [2.45, 2.75) is 39.3 Å². The molecule has 1 amide bonds. The van der Waals surface area contributed by atoms with E-state index in [2.05, 4.69) is 62.8 Å². The van der Waals surface area contributed by atoms with Crippen LogP contribution in [0.4, 0.5) is 0 Å². The summed E-state index contributed by atoms with van der Waals surface area (Å²) in [6, 6.07) is 16.6. The zero-order valence-electron chi connectivity index (χ0n) is 23.3. The molecule has 0 saturated carbocycles. The van der Waals surface area contributed by atoms with Crippen molar-refractivity contribution in [2.24, 2.45) is 5.92 Å². The number of nitrogens with zero attached hydrogens (tertiary/aromatic N) is 3. The zero-order chi connectivity index (χ0) is 28.3. The van der Waals surface area contributed by atoms with Crippen LogP contribution in [0, 0.1) is 12.8 Å². The molecule has 0 spiro atoms. The average Bonchev–Trinajstić information content (AvgIpc) is 3.63. The highest BCUT2D eigenvalue weighted by atomic mass is 16.3. The minimum Gasteiger partial charge on any atom is -0.396 e. The van der Waals surface area contributed by atoms with Crippen LogP contribution in [0.2, 0.25) is 0 Å². The van der Waals surface area contributed by atoms with Gasteiger partial charge in [0.05, 0.1) is 24.0 Å². The molecule has 0 bridgehead atoms. The number of allylic oxidation sites excluding steroid dienone is 3. The van der Waals surface area contributed by atoms with E-state index in [1.165, 1.54) is 11.1 Å². The molecule has 4 aromatic rings. The van der Waals surface area contributed by atoms with Crippen molar-refractivity contribution in [3.05, 3.63) is 107 Å². The predicted octanol–water partition coefficient (Wildman–Crippen LogP) is 4.60. The van der Waals surface area contributed by atoms with Crippen molar-refractivity contribution in [1.29, 1.82) is 0 Å². The molecule has 1 aliphatic carbocycles. The molecule has 8 nitrogen and oxygen atoms in total. The summed E-state index contributed by atoms with van der Waals surface area (Å²) < 4.78 is 1.75. The van der Waals surface area contributed by atoms with Gasteiger partial charge in [0.15, 0.2) is 5.78 Å². The highest BCUT2D eigenvalue weighted by molar-refractivity contribution is 6.23. The summed E-state index contributed by atoms with van der Waals surface area (Å²) in [5, 5.41) is 17.7. The maximum absolute atomic E-state index is 13.0. The van der Waals surface area contributed by atoms with Crippen LogP contribution in [0.1, 0.15) is 52.0 Å². The molecule has 3 N–H and O–H groups in total. The maximum Gasteiger partial charge on any atom is 0.258 e. The van der Waals surface area contributed by atoms with E-state index in [1.807, 2.05) is 13.0 Å². The molecule has 1 aliphatic heterocycles. The number of hydrogen-bond donors (Lipinski definition) is 3. The molecule has 210 valence electrons. The number of amides is 1. The standard InChI is InChI=1S/C33H35N5O3/c1-22-2-4-23(5-3-22)19-38-20-27(17-34-38)33(41)35-28-7-9-32(40)29(16-28)31-15-26-14-25(6-8-30(26)36-31)18-37-12-10-24(21-39)11-13-37/h2-8,14-17,20,24,36,39H,9-13,18-19,21H2,1H3,(H,35,41).